The van der Waals surface area contributed by atoms with Gasteiger partial charge >= 0.3 is 0 Å². The Kier molecular flexibility index (Phi) is 4.44. The molecule has 2 unspecified atom stereocenters. The van der Waals surface area contributed by atoms with Gasteiger partial charge in [-0.05, 0) is 63.6 Å². The maximum Gasteiger partial charge on any atom is 0.127 e. The minimum absolute atomic E-state index is 0.174. The van der Waals surface area contributed by atoms with Crippen LogP contribution in [0.1, 0.15) is 76.3 Å². The Balaban J connectivity index is 1.96. The van der Waals surface area contributed by atoms with Gasteiger partial charge in [-0.15, -0.1) is 0 Å². The zero-order chi connectivity index (χ0) is 16.6. The van der Waals surface area contributed by atoms with E-state index in [4.69, 9.17) is 4.74 Å². The molecule has 1 fully saturated rings. The van der Waals surface area contributed by atoms with Gasteiger partial charge in [-0.25, -0.2) is 0 Å². The second kappa shape index (κ2) is 6.22. The molecule has 0 amide bonds. The Bertz CT molecular complexity index is 600. The van der Waals surface area contributed by atoms with Crippen LogP contribution in [0.4, 0.5) is 0 Å². The first-order valence-corrected chi connectivity index (χ1v) is 9.14. The van der Waals surface area contributed by atoms with E-state index in [1.807, 2.05) is 6.07 Å². The number of hydrogen-bond donors (Lipinski definition) is 1. The van der Waals surface area contributed by atoms with Crippen molar-refractivity contribution in [3.05, 3.63) is 35.4 Å². The number of phenolic OH excluding ortho intramolecular Hbond substituents is 1. The van der Waals surface area contributed by atoms with Gasteiger partial charge in [0.05, 0.1) is 0 Å². The molecule has 1 saturated carbocycles. The van der Waals surface area contributed by atoms with Crippen LogP contribution in [0.2, 0.25) is 0 Å². The Labute approximate surface area is 140 Å². The number of rotatable bonds is 4. The van der Waals surface area contributed by atoms with Gasteiger partial charge < -0.3 is 9.84 Å². The SMILES string of the molecule is C=C1CCC2C(C1)c1c(O)cc(CCCCC)cc1OC2(C)C. The lowest BCUT2D eigenvalue weighted by Gasteiger charge is -2.48. The van der Waals surface area contributed by atoms with Crippen molar-refractivity contribution >= 4 is 0 Å². The molecule has 0 aromatic heterocycles. The predicted molar refractivity (Wildman–Crippen MR) is 95.3 cm³/mol. The average molecular weight is 314 g/mol. The van der Waals surface area contributed by atoms with Crippen LogP contribution in [-0.4, -0.2) is 10.7 Å². The minimum atomic E-state index is -0.174. The summed E-state index contributed by atoms with van der Waals surface area (Å²) >= 11 is 0. The van der Waals surface area contributed by atoms with Crippen molar-refractivity contribution in [1.82, 2.24) is 0 Å². The van der Waals surface area contributed by atoms with Crippen molar-refractivity contribution in [2.75, 3.05) is 0 Å². The quantitative estimate of drug-likeness (QED) is 0.567. The van der Waals surface area contributed by atoms with Crippen LogP contribution in [0.15, 0.2) is 24.3 Å². The maximum absolute atomic E-state index is 10.7. The molecule has 1 aliphatic heterocycles. The molecular formula is C21H30O2. The van der Waals surface area contributed by atoms with Crippen molar-refractivity contribution in [3.63, 3.8) is 0 Å². The van der Waals surface area contributed by atoms with Gasteiger partial charge in [0.1, 0.15) is 17.1 Å². The van der Waals surface area contributed by atoms with Crippen LogP contribution < -0.4 is 4.74 Å². The number of unbranched alkanes of at least 4 members (excludes halogenated alkanes) is 2. The zero-order valence-electron chi connectivity index (χ0n) is 14.8. The van der Waals surface area contributed by atoms with Gasteiger partial charge in [0.2, 0.25) is 0 Å². The number of aromatic hydroxyl groups is 1. The molecule has 1 heterocycles. The summed E-state index contributed by atoms with van der Waals surface area (Å²) in [6, 6.07) is 4.13. The molecular weight excluding hydrogens is 284 g/mol. The van der Waals surface area contributed by atoms with Crippen LogP contribution in [-0.2, 0) is 6.42 Å². The van der Waals surface area contributed by atoms with Crippen molar-refractivity contribution in [1.29, 1.82) is 0 Å². The van der Waals surface area contributed by atoms with Crippen LogP contribution in [0, 0.1) is 5.92 Å². The highest BCUT2D eigenvalue weighted by molar-refractivity contribution is 5.52. The molecule has 2 atom stereocenters. The fourth-order valence-corrected chi connectivity index (χ4v) is 4.46. The molecule has 126 valence electrons. The fourth-order valence-electron chi connectivity index (χ4n) is 4.46. The molecule has 2 nitrogen and oxygen atoms in total. The lowest BCUT2D eigenvalue weighted by Crippen LogP contribution is -2.46. The van der Waals surface area contributed by atoms with E-state index in [0.717, 1.165) is 37.0 Å². The third-order valence-corrected chi connectivity index (χ3v) is 5.69. The first-order valence-electron chi connectivity index (χ1n) is 9.14. The molecule has 0 radical (unpaired) electrons. The van der Waals surface area contributed by atoms with E-state index in [9.17, 15) is 5.11 Å². The summed E-state index contributed by atoms with van der Waals surface area (Å²) in [6.45, 7) is 10.8. The standard InChI is InChI=1S/C21H30O2/c1-5-6-7-8-15-12-18(22)20-16-11-14(2)9-10-17(16)21(3,4)23-19(20)13-15/h12-13,16-17,22H,2,5-11H2,1,3-4H3. The number of ether oxygens (including phenoxy) is 1. The van der Waals surface area contributed by atoms with E-state index < -0.39 is 0 Å². The molecule has 2 aliphatic rings. The van der Waals surface area contributed by atoms with Crippen molar-refractivity contribution in [2.24, 2.45) is 5.92 Å². The number of fused-ring (bicyclic) bond motifs is 3. The van der Waals surface area contributed by atoms with E-state index in [0.29, 0.717) is 17.6 Å². The number of benzene rings is 1. The van der Waals surface area contributed by atoms with Crippen LogP contribution >= 0.6 is 0 Å². The summed E-state index contributed by atoms with van der Waals surface area (Å²) in [6.07, 6.45) is 7.79. The van der Waals surface area contributed by atoms with Gasteiger partial charge in [0.25, 0.3) is 0 Å². The Morgan fingerprint density at radius 3 is 2.83 bits per heavy atom. The number of hydrogen-bond acceptors (Lipinski definition) is 2. The van der Waals surface area contributed by atoms with E-state index >= 15 is 0 Å². The van der Waals surface area contributed by atoms with Crippen LogP contribution in [0.3, 0.4) is 0 Å². The van der Waals surface area contributed by atoms with Crippen LogP contribution in [0.25, 0.3) is 0 Å². The number of phenols is 1. The molecule has 1 aliphatic carbocycles. The summed E-state index contributed by atoms with van der Waals surface area (Å²) in [7, 11) is 0. The predicted octanol–water partition coefficient (Wildman–Crippen LogP) is 5.74. The summed E-state index contributed by atoms with van der Waals surface area (Å²) < 4.78 is 6.36. The van der Waals surface area contributed by atoms with Gasteiger partial charge in [-0.3, -0.25) is 0 Å². The molecule has 2 heteroatoms. The normalized spacial score (nSPS) is 25.4. The Hall–Kier alpha value is -1.44. The molecule has 3 rings (SSSR count). The van der Waals surface area contributed by atoms with Crippen molar-refractivity contribution in [2.45, 2.75) is 77.2 Å². The van der Waals surface area contributed by atoms with Gasteiger partial charge in [0.15, 0.2) is 0 Å². The van der Waals surface area contributed by atoms with Crippen molar-refractivity contribution in [3.8, 4) is 11.5 Å². The lowest BCUT2D eigenvalue weighted by molar-refractivity contribution is -0.000851. The molecule has 1 N–H and O–H groups in total. The number of allylic oxidation sites excluding steroid dienone is 1. The summed E-state index contributed by atoms with van der Waals surface area (Å²) in [5, 5.41) is 10.7. The largest absolute Gasteiger partial charge is 0.508 e. The summed E-state index contributed by atoms with van der Waals surface area (Å²) in [5.41, 5.74) is 3.35. The first kappa shape index (κ1) is 16.4. The average Bonchev–Trinajstić information content (AvgIpc) is 2.46. The van der Waals surface area contributed by atoms with E-state index in [2.05, 4.69) is 33.4 Å². The van der Waals surface area contributed by atoms with Crippen molar-refractivity contribution < 1.29 is 9.84 Å². The Morgan fingerprint density at radius 1 is 1.30 bits per heavy atom. The minimum Gasteiger partial charge on any atom is -0.508 e. The second-order valence-corrected chi connectivity index (χ2v) is 7.90. The highest BCUT2D eigenvalue weighted by Crippen LogP contribution is 2.55. The van der Waals surface area contributed by atoms with Crippen LogP contribution in [0.5, 0.6) is 11.5 Å². The maximum atomic E-state index is 10.7. The topological polar surface area (TPSA) is 29.5 Å². The summed E-state index contributed by atoms with van der Waals surface area (Å²) in [5.74, 6) is 2.13. The smallest absolute Gasteiger partial charge is 0.127 e. The lowest BCUT2D eigenvalue weighted by atomic mass is 9.65. The Morgan fingerprint density at radius 2 is 2.09 bits per heavy atom. The monoisotopic (exact) mass is 314 g/mol. The molecule has 1 aromatic rings. The molecule has 0 spiro atoms. The number of aryl methyl sites for hydroxylation is 1. The van der Waals surface area contributed by atoms with E-state index in [-0.39, 0.29) is 5.60 Å². The van der Waals surface area contributed by atoms with E-state index in [1.165, 1.54) is 30.4 Å². The second-order valence-electron chi connectivity index (χ2n) is 7.90. The molecule has 0 bridgehead atoms. The highest BCUT2D eigenvalue weighted by Gasteiger charge is 2.46. The molecule has 1 aromatic carbocycles. The van der Waals surface area contributed by atoms with Gasteiger partial charge in [0, 0.05) is 17.4 Å². The zero-order valence-corrected chi connectivity index (χ0v) is 14.8. The van der Waals surface area contributed by atoms with Gasteiger partial charge in [-0.1, -0.05) is 31.9 Å². The summed E-state index contributed by atoms with van der Waals surface area (Å²) in [4.78, 5) is 0. The highest BCUT2D eigenvalue weighted by atomic mass is 16.5. The molecule has 23 heavy (non-hydrogen) atoms. The first-order chi connectivity index (χ1) is 10.9. The van der Waals surface area contributed by atoms with Gasteiger partial charge in [-0.2, -0.15) is 0 Å². The third kappa shape index (κ3) is 3.13. The third-order valence-electron chi connectivity index (χ3n) is 5.69. The van der Waals surface area contributed by atoms with E-state index in [1.54, 1.807) is 0 Å². The molecule has 0 saturated heterocycles. The fraction of sp³-hybridized carbons (Fsp3) is 0.619.